The van der Waals surface area contributed by atoms with Crippen LogP contribution >= 0.6 is 23.7 Å². The maximum Gasteiger partial charge on any atom is 0.220 e. The average Bonchev–Trinajstić information content (AvgIpc) is 2.79. The highest BCUT2D eigenvalue weighted by molar-refractivity contribution is 7.12. The number of hydrogen-bond donors (Lipinski definition) is 2. The van der Waals surface area contributed by atoms with E-state index in [-0.39, 0.29) is 43.0 Å². The first kappa shape index (κ1) is 21.1. The van der Waals surface area contributed by atoms with Gasteiger partial charge in [0.05, 0.1) is 0 Å². The topological polar surface area (TPSA) is 72.2 Å². The summed E-state index contributed by atoms with van der Waals surface area (Å²) in [5, 5.41) is 2.91. The van der Waals surface area contributed by atoms with Gasteiger partial charge in [-0.25, -0.2) is 0 Å². The standard InChI is InChI=1S/C16H26N2O2S.ClH/c1-4-5-6-13(10-17)18-16(20)8-7-15(19)14-9-11(2)21-12(14)3;/h9,13H,4-8,10,17H2,1-3H3,(H,18,20);1H. The molecule has 4 nitrogen and oxygen atoms in total. The molecule has 0 aliphatic rings. The van der Waals surface area contributed by atoms with Gasteiger partial charge in [0.2, 0.25) is 5.91 Å². The number of thiophene rings is 1. The van der Waals surface area contributed by atoms with E-state index in [2.05, 4.69) is 12.2 Å². The van der Waals surface area contributed by atoms with Crippen LogP contribution in [0.15, 0.2) is 6.07 Å². The molecule has 0 saturated carbocycles. The lowest BCUT2D eigenvalue weighted by Crippen LogP contribution is -2.40. The highest BCUT2D eigenvalue weighted by Crippen LogP contribution is 2.22. The van der Waals surface area contributed by atoms with Crippen molar-refractivity contribution in [1.82, 2.24) is 5.32 Å². The Morgan fingerprint density at radius 2 is 2.00 bits per heavy atom. The molecule has 3 N–H and O–H groups in total. The molecular formula is C16H27ClN2O2S. The lowest BCUT2D eigenvalue weighted by Gasteiger charge is -2.16. The quantitative estimate of drug-likeness (QED) is 0.673. The van der Waals surface area contributed by atoms with Crippen molar-refractivity contribution in [3.8, 4) is 0 Å². The zero-order chi connectivity index (χ0) is 15.8. The monoisotopic (exact) mass is 346 g/mol. The van der Waals surface area contributed by atoms with Crippen LogP contribution < -0.4 is 11.1 Å². The van der Waals surface area contributed by atoms with Crippen molar-refractivity contribution in [3.05, 3.63) is 21.4 Å². The molecule has 0 aliphatic heterocycles. The van der Waals surface area contributed by atoms with E-state index in [0.29, 0.717) is 6.54 Å². The Hall–Kier alpha value is -0.910. The van der Waals surface area contributed by atoms with Crippen LogP contribution in [0.4, 0.5) is 0 Å². The Morgan fingerprint density at radius 3 is 2.50 bits per heavy atom. The number of amides is 1. The van der Waals surface area contributed by atoms with E-state index >= 15 is 0 Å². The number of carbonyl (C=O) groups is 2. The summed E-state index contributed by atoms with van der Waals surface area (Å²) < 4.78 is 0. The Balaban J connectivity index is 0.00000441. The van der Waals surface area contributed by atoms with E-state index in [4.69, 9.17) is 5.73 Å². The van der Waals surface area contributed by atoms with Crippen LogP contribution in [0.5, 0.6) is 0 Å². The van der Waals surface area contributed by atoms with Gasteiger partial charge in [0.15, 0.2) is 5.78 Å². The lowest BCUT2D eigenvalue weighted by molar-refractivity contribution is -0.121. The van der Waals surface area contributed by atoms with Crippen LogP contribution in [0, 0.1) is 13.8 Å². The van der Waals surface area contributed by atoms with Gasteiger partial charge in [0.25, 0.3) is 0 Å². The maximum absolute atomic E-state index is 12.1. The van der Waals surface area contributed by atoms with Crippen LogP contribution in [0.1, 0.15) is 59.1 Å². The normalized spacial score (nSPS) is 11.6. The van der Waals surface area contributed by atoms with Gasteiger partial charge >= 0.3 is 0 Å². The molecule has 1 heterocycles. The third-order valence-electron chi connectivity index (χ3n) is 3.48. The van der Waals surface area contributed by atoms with E-state index in [0.717, 1.165) is 34.6 Å². The summed E-state index contributed by atoms with van der Waals surface area (Å²) in [6, 6.07) is 1.93. The van der Waals surface area contributed by atoms with E-state index in [1.165, 1.54) is 0 Å². The fraction of sp³-hybridized carbons (Fsp3) is 0.625. The third-order valence-corrected chi connectivity index (χ3v) is 4.44. The molecule has 1 aromatic rings. The molecule has 0 aliphatic carbocycles. The molecule has 1 unspecified atom stereocenters. The number of nitrogens with one attached hydrogen (secondary N) is 1. The summed E-state index contributed by atoms with van der Waals surface area (Å²) in [5.41, 5.74) is 6.41. The van der Waals surface area contributed by atoms with Gasteiger partial charge in [0.1, 0.15) is 0 Å². The summed E-state index contributed by atoms with van der Waals surface area (Å²) in [4.78, 5) is 26.2. The summed E-state index contributed by atoms with van der Waals surface area (Å²) in [6.07, 6.45) is 3.52. The van der Waals surface area contributed by atoms with Crippen LogP contribution in [-0.2, 0) is 4.79 Å². The minimum absolute atomic E-state index is 0. The van der Waals surface area contributed by atoms with Gasteiger partial charge in [-0.2, -0.15) is 0 Å². The first-order valence-electron chi connectivity index (χ1n) is 7.57. The molecule has 1 atom stereocenters. The zero-order valence-corrected chi connectivity index (χ0v) is 15.2. The van der Waals surface area contributed by atoms with Crippen molar-refractivity contribution in [2.24, 2.45) is 5.73 Å². The van der Waals surface area contributed by atoms with Gasteiger partial charge in [-0.3, -0.25) is 9.59 Å². The molecule has 1 rings (SSSR count). The molecule has 1 aromatic heterocycles. The predicted octanol–water partition coefficient (Wildman–Crippen LogP) is 3.38. The predicted molar refractivity (Wildman–Crippen MR) is 95.1 cm³/mol. The second-order valence-electron chi connectivity index (χ2n) is 5.39. The SMILES string of the molecule is CCCCC(CN)NC(=O)CCC(=O)c1cc(C)sc1C.Cl. The molecule has 6 heteroatoms. The molecule has 0 bridgehead atoms. The molecule has 1 amide bonds. The second-order valence-corrected chi connectivity index (χ2v) is 6.85. The number of halogens is 1. The number of Topliss-reactive ketones (excluding diaryl/α,β-unsaturated/α-hetero) is 1. The van der Waals surface area contributed by atoms with E-state index in [1.54, 1.807) is 11.3 Å². The van der Waals surface area contributed by atoms with E-state index in [1.807, 2.05) is 19.9 Å². The Labute approximate surface area is 143 Å². The van der Waals surface area contributed by atoms with Gasteiger partial charge in [-0.05, 0) is 26.3 Å². The smallest absolute Gasteiger partial charge is 0.220 e. The fourth-order valence-electron chi connectivity index (χ4n) is 2.27. The fourth-order valence-corrected chi connectivity index (χ4v) is 3.21. The van der Waals surface area contributed by atoms with E-state index < -0.39 is 0 Å². The number of unbranched alkanes of at least 4 members (excludes halogenated alkanes) is 1. The van der Waals surface area contributed by atoms with Crippen molar-refractivity contribution in [3.63, 3.8) is 0 Å². The molecule has 126 valence electrons. The number of ketones is 1. The van der Waals surface area contributed by atoms with E-state index in [9.17, 15) is 9.59 Å². The largest absolute Gasteiger partial charge is 0.352 e. The van der Waals surface area contributed by atoms with Crippen LogP contribution in [0.25, 0.3) is 0 Å². The van der Waals surface area contributed by atoms with Gasteiger partial charge in [-0.1, -0.05) is 19.8 Å². The van der Waals surface area contributed by atoms with Crippen molar-refractivity contribution in [2.45, 2.75) is 58.9 Å². The molecule has 0 fully saturated rings. The maximum atomic E-state index is 12.1. The second kappa shape index (κ2) is 10.8. The average molecular weight is 347 g/mol. The zero-order valence-electron chi connectivity index (χ0n) is 13.6. The van der Waals surface area contributed by atoms with Crippen LogP contribution in [-0.4, -0.2) is 24.3 Å². The van der Waals surface area contributed by atoms with Gasteiger partial charge in [-0.15, -0.1) is 23.7 Å². The van der Waals surface area contributed by atoms with Crippen molar-refractivity contribution in [2.75, 3.05) is 6.54 Å². The number of nitrogens with two attached hydrogens (primary N) is 1. The van der Waals surface area contributed by atoms with Gasteiger partial charge < -0.3 is 11.1 Å². The summed E-state index contributed by atoms with van der Waals surface area (Å²) in [7, 11) is 0. The Morgan fingerprint density at radius 1 is 1.32 bits per heavy atom. The summed E-state index contributed by atoms with van der Waals surface area (Å²) in [6.45, 7) is 6.49. The molecule has 0 radical (unpaired) electrons. The van der Waals surface area contributed by atoms with Crippen molar-refractivity contribution < 1.29 is 9.59 Å². The highest BCUT2D eigenvalue weighted by Gasteiger charge is 2.15. The molecule has 0 spiro atoms. The number of carbonyl (C=O) groups excluding carboxylic acids is 2. The number of aryl methyl sites for hydroxylation is 2. The summed E-state index contributed by atoms with van der Waals surface area (Å²) in [5.74, 6) is -0.0376. The van der Waals surface area contributed by atoms with Crippen LogP contribution in [0.3, 0.4) is 0 Å². The Bertz CT molecular complexity index is 488. The molecule has 0 aromatic carbocycles. The minimum atomic E-state index is -0.0838. The Kier molecular flexibility index (Phi) is 10.3. The van der Waals surface area contributed by atoms with Crippen LogP contribution in [0.2, 0.25) is 0 Å². The highest BCUT2D eigenvalue weighted by atomic mass is 35.5. The van der Waals surface area contributed by atoms with Gasteiger partial charge in [0, 0.05) is 40.7 Å². The number of hydrogen-bond acceptors (Lipinski definition) is 4. The number of rotatable bonds is 9. The first-order chi connectivity index (χ1) is 9.97. The molecule has 22 heavy (non-hydrogen) atoms. The summed E-state index contributed by atoms with van der Waals surface area (Å²) >= 11 is 1.62. The minimum Gasteiger partial charge on any atom is -0.352 e. The molecular weight excluding hydrogens is 320 g/mol. The first-order valence-corrected chi connectivity index (χ1v) is 8.39. The van der Waals surface area contributed by atoms with Crippen molar-refractivity contribution in [1.29, 1.82) is 0 Å². The van der Waals surface area contributed by atoms with Crippen molar-refractivity contribution >= 4 is 35.4 Å². The third kappa shape index (κ3) is 6.90. The lowest BCUT2D eigenvalue weighted by atomic mass is 10.1. The molecule has 0 saturated heterocycles.